The number of nitrogens with one attached hydrogen (secondary N) is 1. The number of thiocarbonyl (C=S) groups is 1. The van der Waals surface area contributed by atoms with E-state index >= 15 is 0 Å². The van der Waals surface area contributed by atoms with Gasteiger partial charge in [0.15, 0.2) is 5.11 Å². The van der Waals surface area contributed by atoms with Crippen molar-refractivity contribution < 1.29 is 4.42 Å². The van der Waals surface area contributed by atoms with Crippen LogP contribution in [-0.4, -0.2) is 41.1 Å². The number of anilines is 1. The number of halogens is 1. The monoisotopic (exact) mass is 391 g/mol. The Kier molecular flexibility index (Phi) is 7.35. The van der Waals surface area contributed by atoms with Crippen LogP contribution < -0.4 is 5.32 Å². The average Bonchev–Trinajstić information content (AvgIpc) is 3.17. The smallest absolute Gasteiger partial charge is 0.173 e. The Hall–Kier alpha value is -1.56. The molecule has 0 saturated carbocycles. The lowest BCUT2D eigenvalue weighted by molar-refractivity contribution is 0.217. The molecule has 0 atom stereocenters. The van der Waals surface area contributed by atoms with E-state index < -0.39 is 0 Å². The van der Waals surface area contributed by atoms with Crippen molar-refractivity contribution in [3.05, 3.63) is 53.4 Å². The molecule has 2 heterocycles. The lowest BCUT2D eigenvalue weighted by atomic mass is 10.1. The molecule has 0 radical (unpaired) electrons. The van der Waals surface area contributed by atoms with E-state index in [0.717, 1.165) is 31.0 Å². The minimum atomic E-state index is 0.656. The van der Waals surface area contributed by atoms with Crippen molar-refractivity contribution in [2.24, 2.45) is 0 Å². The van der Waals surface area contributed by atoms with Crippen LogP contribution in [0.3, 0.4) is 0 Å². The molecule has 1 aliphatic rings. The Morgan fingerprint density at radius 1 is 1.15 bits per heavy atom. The Labute approximate surface area is 166 Å². The van der Waals surface area contributed by atoms with Crippen molar-refractivity contribution in [3.63, 3.8) is 0 Å². The molecule has 1 aliphatic heterocycles. The van der Waals surface area contributed by atoms with Crippen LogP contribution in [0.5, 0.6) is 0 Å². The fourth-order valence-corrected chi connectivity index (χ4v) is 3.72. The molecule has 3 rings (SSSR count). The lowest BCUT2D eigenvalue weighted by Gasteiger charge is -2.29. The third-order valence-corrected chi connectivity index (χ3v) is 5.37. The zero-order chi connectivity index (χ0) is 18.2. The molecule has 6 heteroatoms. The lowest BCUT2D eigenvalue weighted by Crippen LogP contribution is -2.37. The molecule has 26 heavy (non-hydrogen) atoms. The van der Waals surface area contributed by atoms with Crippen LogP contribution in [-0.2, 0) is 6.54 Å². The topological polar surface area (TPSA) is 31.6 Å². The van der Waals surface area contributed by atoms with Crippen LogP contribution >= 0.6 is 23.8 Å². The predicted molar refractivity (Wildman–Crippen MR) is 112 cm³/mol. The van der Waals surface area contributed by atoms with Gasteiger partial charge < -0.3 is 19.5 Å². The van der Waals surface area contributed by atoms with Gasteiger partial charge >= 0.3 is 0 Å². The first-order valence-electron chi connectivity index (χ1n) is 9.27. The van der Waals surface area contributed by atoms with E-state index in [1.165, 1.54) is 32.4 Å². The molecule has 1 saturated heterocycles. The first kappa shape index (κ1) is 19.2. The van der Waals surface area contributed by atoms with Crippen molar-refractivity contribution in [1.82, 2.24) is 9.80 Å². The number of likely N-dealkylation sites (tertiary alicyclic amines) is 1. The van der Waals surface area contributed by atoms with E-state index in [0.29, 0.717) is 16.7 Å². The molecule has 140 valence electrons. The van der Waals surface area contributed by atoms with Crippen LogP contribution in [0.15, 0.2) is 47.1 Å². The van der Waals surface area contributed by atoms with Gasteiger partial charge in [-0.15, -0.1) is 0 Å². The quantitative estimate of drug-likeness (QED) is 0.670. The second kappa shape index (κ2) is 9.95. The number of hydrogen-bond donors (Lipinski definition) is 1. The molecule has 2 aromatic rings. The molecular weight excluding hydrogens is 366 g/mol. The van der Waals surface area contributed by atoms with Crippen molar-refractivity contribution in [1.29, 1.82) is 0 Å². The molecule has 0 aliphatic carbocycles. The standard InChI is InChI=1S/C20H26ClN3OS/c21-18-9-2-3-10-19(18)22-20(26)24(16-17-8-6-15-25-17)14-7-13-23-11-4-1-5-12-23/h2-3,6,8-10,15H,1,4-5,7,11-14,16H2,(H,22,26). The van der Waals surface area contributed by atoms with Gasteiger partial charge in [-0.25, -0.2) is 0 Å². The highest BCUT2D eigenvalue weighted by Crippen LogP contribution is 2.21. The zero-order valence-corrected chi connectivity index (χ0v) is 16.6. The number of benzene rings is 1. The molecule has 1 aromatic carbocycles. The summed E-state index contributed by atoms with van der Waals surface area (Å²) < 4.78 is 5.52. The molecule has 0 unspecified atom stereocenters. The Bertz CT molecular complexity index is 686. The first-order chi connectivity index (χ1) is 12.7. The summed E-state index contributed by atoms with van der Waals surface area (Å²) in [7, 11) is 0. The predicted octanol–water partition coefficient (Wildman–Crippen LogP) is 5.01. The summed E-state index contributed by atoms with van der Waals surface area (Å²) >= 11 is 11.9. The summed E-state index contributed by atoms with van der Waals surface area (Å²) in [6.07, 6.45) is 6.79. The third-order valence-electron chi connectivity index (χ3n) is 4.68. The molecular formula is C20H26ClN3OS. The summed E-state index contributed by atoms with van der Waals surface area (Å²) in [6, 6.07) is 11.6. The van der Waals surface area contributed by atoms with Gasteiger partial charge in [-0.05, 0) is 75.4 Å². The Morgan fingerprint density at radius 3 is 2.69 bits per heavy atom. The van der Waals surface area contributed by atoms with Crippen LogP contribution in [0.1, 0.15) is 31.4 Å². The largest absolute Gasteiger partial charge is 0.467 e. The van der Waals surface area contributed by atoms with Crippen molar-refractivity contribution in [2.75, 3.05) is 31.5 Å². The van der Waals surface area contributed by atoms with Gasteiger partial charge in [0.2, 0.25) is 0 Å². The number of nitrogens with zero attached hydrogens (tertiary/aromatic N) is 2. The number of piperidine rings is 1. The maximum atomic E-state index is 6.26. The highest BCUT2D eigenvalue weighted by atomic mass is 35.5. The van der Waals surface area contributed by atoms with E-state index in [-0.39, 0.29) is 0 Å². The first-order valence-corrected chi connectivity index (χ1v) is 10.1. The molecule has 0 spiro atoms. The number of para-hydroxylation sites is 1. The van der Waals surface area contributed by atoms with E-state index in [1.54, 1.807) is 6.26 Å². The second-order valence-corrected chi connectivity index (χ2v) is 7.46. The summed E-state index contributed by atoms with van der Waals surface area (Å²) in [4.78, 5) is 4.71. The highest BCUT2D eigenvalue weighted by Gasteiger charge is 2.15. The van der Waals surface area contributed by atoms with Gasteiger partial charge in [0.05, 0.1) is 23.5 Å². The molecule has 4 nitrogen and oxygen atoms in total. The van der Waals surface area contributed by atoms with Gasteiger partial charge in [0.25, 0.3) is 0 Å². The summed E-state index contributed by atoms with van der Waals surface area (Å²) in [5.74, 6) is 0.909. The summed E-state index contributed by atoms with van der Waals surface area (Å²) in [5.41, 5.74) is 0.833. The second-order valence-electron chi connectivity index (χ2n) is 6.67. The number of rotatable bonds is 7. The van der Waals surface area contributed by atoms with E-state index in [1.807, 2.05) is 36.4 Å². The summed E-state index contributed by atoms with van der Waals surface area (Å²) in [5, 5.41) is 4.62. The zero-order valence-electron chi connectivity index (χ0n) is 15.0. The van der Waals surface area contributed by atoms with E-state index in [4.69, 9.17) is 28.2 Å². The van der Waals surface area contributed by atoms with E-state index in [2.05, 4.69) is 15.1 Å². The fraction of sp³-hybridized carbons (Fsp3) is 0.450. The van der Waals surface area contributed by atoms with Gasteiger partial charge in [0.1, 0.15) is 5.76 Å². The fourth-order valence-electron chi connectivity index (χ4n) is 3.27. The summed E-state index contributed by atoms with van der Waals surface area (Å²) in [6.45, 7) is 5.10. The SMILES string of the molecule is S=C(Nc1ccccc1Cl)N(CCCN1CCCCC1)Cc1ccco1. The third kappa shape index (κ3) is 5.73. The molecule has 1 aromatic heterocycles. The van der Waals surface area contributed by atoms with Gasteiger partial charge in [-0.3, -0.25) is 0 Å². The maximum absolute atomic E-state index is 6.26. The number of furan rings is 1. The van der Waals surface area contributed by atoms with Crippen LogP contribution in [0, 0.1) is 0 Å². The van der Waals surface area contributed by atoms with Crippen molar-refractivity contribution in [2.45, 2.75) is 32.2 Å². The van der Waals surface area contributed by atoms with Crippen molar-refractivity contribution in [3.8, 4) is 0 Å². The molecule has 0 bridgehead atoms. The normalized spacial score (nSPS) is 15.0. The minimum absolute atomic E-state index is 0.656. The van der Waals surface area contributed by atoms with Crippen LogP contribution in [0.2, 0.25) is 5.02 Å². The minimum Gasteiger partial charge on any atom is -0.467 e. The molecule has 0 amide bonds. The Balaban J connectivity index is 1.58. The molecule has 1 N–H and O–H groups in total. The van der Waals surface area contributed by atoms with Gasteiger partial charge in [-0.1, -0.05) is 30.2 Å². The van der Waals surface area contributed by atoms with Crippen LogP contribution in [0.4, 0.5) is 5.69 Å². The average molecular weight is 392 g/mol. The Morgan fingerprint density at radius 2 is 1.96 bits per heavy atom. The van der Waals surface area contributed by atoms with Gasteiger partial charge in [0, 0.05) is 6.54 Å². The van der Waals surface area contributed by atoms with Crippen molar-refractivity contribution >= 4 is 34.6 Å². The van der Waals surface area contributed by atoms with Gasteiger partial charge in [-0.2, -0.15) is 0 Å². The van der Waals surface area contributed by atoms with E-state index in [9.17, 15) is 0 Å². The number of hydrogen-bond acceptors (Lipinski definition) is 3. The maximum Gasteiger partial charge on any atom is 0.173 e. The highest BCUT2D eigenvalue weighted by molar-refractivity contribution is 7.80. The molecule has 1 fully saturated rings. The van der Waals surface area contributed by atoms with Crippen LogP contribution in [0.25, 0.3) is 0 Å².